The first-order chi connectivity index (χ1) is 12.9. The summed E-state index contributed by atoms with van der Waals surface area (Å²) in [5, 5.41) is 7.34. The van der Waals surface area contributed by atoms with Crippen LogP contribution >= 0.6 is 0 Å². The van der Waals surface area contributed by atoms with Crippen LogP contribution < -0.4 is 10.1 Å². The van der Waals surface area contributed by atoms with E-state index in [0.29, 0.717) is 12.1 Å². The number of hydrogen-bond donors (Lipinski definition) is 1. The molecule has 1 amide bonds. The molecule has 3 aromatic rings. The minimum absolute atomic E-state index is 0.173. The first kappa shape index (κ1) is 18.6. The molecule has 0 atom stereocenters. The number of pyridine rings is 1. The molecule has 0 spiro atoms. The number of ether oxygens (including phenoxy) is 1. The maximum Gasteiger partial charge on any atom is 0.255 e. The number of methoxy groups -OCH3 is 1. The van der Waals surface area contributed by atoms with Crippen LogP contribution in [0.15, 0.2) is 36.7 Å². The van der Waals surface area contributed by atoms with Gasteiger partial charge in [-0.05, 0) is 39.3 Å². The average molecular weight is 364 g/mol. The second-order valence-electron chi connectivity index (χ2n) is 6.57. The number of aryl methyl sites for hydroxylation is 2. The number of rotatable bonds is 5. The van der Waals surface area contributed by atoms with Crippen molar-refractivity contribution in [3.8, 4) is 11.4 Å². The van der Waals surface area contributed by atoms with Gasteiger partial charge in [-0.3, -0.25) is 9.78 Å². The zero-order chi connectivity index (χ0) is 19.6. The van der Waals surface area contributed by atoms with Gasteiger partial charge in [0.15, 0.2) is 0 Å². The quantitative estimate of drug-likeness (QED) is 0.753. The fourth-order valence-electron chi connectivity index (χ4n) is 3.18. The maximum absolute atomic E-state index is 12.7. The van der Waals surface area contributed by atoms with Crippen molar-refractivity contribution in [1.29, 1.82) is 0 Å². The fourth-order valence-corrected chi connectivity index (χ4v) is 3.18. The number of hydrogen-bond acceptors (Lipinski definition) is 4. The molecule has 0 unspecified atom stereocenters. The number of carbonyl (C=O) groups excluding carboxylic acids is 1. The van der Waals surface area contributed by atoms with Gasteiger partial charge in [0.2, 0.25) is 0 Å². The molecule has 0 radical (unpaired) electrons. The molecule has 1 N–H and O–H groups in total. The van der Waals surface area contributed by atoms with Gasteiger partial charge in [-0.2, -0.15) is 5.10 Å². The number of nitrogens with one attached hydrogen (secondary N) is 1. The van der Waals surface area contributed by atoms with Crippen LogP contribution in [0.4, 0.5) is 0 Å². The standard InChI is InChI=1S/C21H24N4O2/c1-13-8-6-7-9-19(13)25-16(4)17(11-24-25)21(26)23-12-18-15(3)20(27-5)14(2)10-22-18/h6-11H,12H2,1-5H3,(H,23,26). The number of benzene rings is 1. The monoisotopic (exact) mass is 364 g/mol. The largest absolute Gasteiger partial charge is 0.496 e. The Hall–Kier alpha value is -3.15. The Bertz CT molecular complexity index is 992. The van der Waals surface area contributed by atoms with E-state index in [4.69, 9.17) is 4.74 Å². The molecular weight excluding hydrogens is 340 g/mol. The summed E-state index contributed by atoms with van der Waals surface area (Å²) >= 11 is 0. The molecule has 6 heteroatoms. The molecule has 0 aliphatic rings. The average Bonchev–Trinajstić information content (AvgIpc) is 3.03. The van der Waals surface area contributed by atoms with E-state index in [0.717, 1.165) is 39.5 Å². The van der Waals surface area contributed by atoms with E-state index in [-0.39, 0.29) is 5.91 Å². The van der Waals surface area contributed by atoms with E-state index in [9.17, 15) is 4.79 Å². The van der Waals surface area contributed by atoms with Crippen molar-refractivity contribution in [2.45, 2.75) is 34.2 Å². The van der Waals surface area contributed by atoms with Crippen LogP contribution in [-0.2, 0) is 6.54 Å². The molecule has 1 aromatic carbocycles. The Morgan fingerprint density at radius 1 is 1.11 bits per heavy atom. The second kappa shape index (κ2) is 7.61. The van der Waals surface area contributed by atoms with Crippen molar-refractivity contribution in [3.05, 3.63) is 70.3 Å². The number of amides is 1. The highest BCUT2D eigenvalue weighted by molar-refractivity contribution is 5.95. The van der Waals surface area contributed by atoms with Gasteiger partial charge in [0.1, 0.15) is 5.75 Å². The highest BCUT2D eigenvalue weighted by atomic mass is 16.5. The Kier molecular flexibility index (Phi) is 5.26. The predicted octanol–water partition coefficient (Wildman–Crippen LogP) is 3.44. The second-order valence-corrected chi connectivity index (χ2v) is 6.57. The molecule has 27 heavy (non-hydrogen) atoms. The molecule has 0 aliphatic heterocycles. The van der Waals surface area contributed by atoms with Crippen molar-refractivity contribution in [2.24, 2.45) is 0 Å². The molecule has 2 heterocycles. The van der Waals surface area contributed by atoms with E-state index in [1.807, 2.05) is 52.0 Å². The van der Waals surface area contributed by atoms with E-state index in [2.05, 4.69) is 15.4 Å². The molecule has 140 valence electrons. The highest BCUT2D eigenvalue weighted by Crippen LogP contribution is 2.24. The van der Waals surface area contributed by atoms with E-state index < -0.39 is 0 Å². The van der Waals surface area contributed by atoms with Gasteiger partial charge >= 0.3 is 0 Å². The molecular formula is C21H24N4O2. The summed E-state index contributed by atoms with van der Waals surface area (Å²) in [5.41, 5.74) is 6.11. The van der Waals surface area contributed by atoms with Crippen molar-refractivity contribution in [2.75, 3.05) is 7.11 Å². The third kappa shape index (κ3) is 3.56. The van der Waals surface area contributed by atoms with Gasteiger partial charge in [0.05, 0.1) is 42.5 Å². The van der Waals surface area contributed by atoms with E-state index >= 15 is 0 Å². The summed E-state index contributed by atoms with van der Waals surface area (Å²) in [6, 6.07) is 7.96. The van der Waals surface area contributed by atoms with Crippen LogP contribution in [-0.4, -0.2) is 27.8 Å². The van der Waals surface area contributed by atoms with E-state index in [1.54, 1.807) is 24.2 Å². The summed E-state index contributed by atoms with van der Waals surface area (Å²) in [7, 11) is 1.64. The molecule has 0 fully saturated rings. The third-order valence-corrected chi connectivity index (χ3v) is 4.76. The summed E-state index contributed by atoms with van der Waals surface area (Å²) in [5.74, 6) is 0.630. The summed E-state index contributed by atoms with van der Waals surface area (Å²) in [6.07, 6.45) is 3.36. The SMILES string of the molecule is COc1c(C)cnc(CNC(=O)c2cnn(-c3ccccc3C)c2C)c1C. The number of nitrogens with zero attached hydrogens (tertiary/aromatic N) is 3. The maximum atomic E-state index is 12.7. The number of carbonyl (C=O) groups is 1. The Morgan fingerprint density at radius 2 is 1.85 bits per heavy atom. The fraction of sp³-hybridized carbons (Fsp3) is 0.286. The third-order valence-electron chi connectivity index (χ3n) is 4.76. The highest BCUT2D eigenvalue weighted by Gasteiger charge is 2.17. The minimum Gasteiger partial charge on any atom is -0.496 e. The molecule has 0 saturated heterocycles. The van der Waals surface area contributed by atoms with Gasteiger partial charge in [-0.1, -0.05) is 18.2 Å². The smallest absolute Gasteiger partial charge is 0.255 e. The van der Waals surface area contributed by atoms with Gasteiger partial charge in [-0.25, -0.2) is 4.68 Å². The lowest BCUT2D eigenvalue weighted by molar-refractivity contribution is 0.0949. The summed E-state index contributed by atoms with van der Waals surface area (Å²) in [6.45, 7) is 8.14. The van der Waals surface area contributed by atoms with Crippen molar-refractivity contribution in [1.82, 2.24) is 20.1 Å². The molecule has 3 rings (SSSR count). The van der Waals surface area contributed by atoms with Crippen molar-refractivity contribution >= 4 is 5.91 Å². The van der Waals surface area contributed by atoms with Gasteiger partial charge in [0, 0.05) is 17.3 Å². The molecule has 0 saturated carbocycles. The molecule has 0 bridgehead atoms. The number of aromatic nitrogens is 3. The lowest BCUT2D eigenvalue weighted by Gasteiger charge is -2.13. The van der Waals surface area contributed by atoms with Crippen LogP contribution in [0.5, 0.6) is 5.75 Å². The lowest BCUT2D eigenvalue weighted by atomic mass is 10.1. The van der Waals surface area contributed by atoms with Crippen LogP contribution in [0.1, 0.15) is 38.4 Å². The first-order valence-corrected chi connectivity index (χ1v) is 8.82. The summed E-state index contributed by atoms with van der Waals surface area (Å²) in [4.78, 5) is 17.1. The first-order valence-electron chi connectivity index (χ1n) is 8.82. The van der Waals surface area contributed by atoms with Crippen LogP contribution in [0.3, 0.4) is 0 Å². The lowest BCUT2D eigenvalue weighted by Crippen LogP contribution is -2.24. The van der Waals surface area contributed by atoms with Crippen molar-refractivity contribution in [3.63, 3.8) is 0 Å². The molecule has 6 nitrogen and oxygen atoms in total. The minimum atomic E-state index is -0.173. The Labute approximate surface area is 159 Å². The van der Waals surface area contributed by atoms with Crippen LogP contribution in [0, 0.1) is 27.7 Å². The van der Waals surface area contributed by atoms with Gasteiger partial charge < -0.3 is 10.1 Å². The zero-order valence-corrected chi connectivity index (χ0v) is 16.3. The van der Waals surface area contributed by atoms with Crippen molar-refractivity contribution < 1.29 is 9.53 Å². The Morgan fingerprint density at radius 3 is 2.56 bits per heavy atom. The predicted molar refractivity (Wildman–Crippen MR) is 104 cm³/mol. The molecule has 2 aromatic heterocycles. The van der Waals surface area contributed by atoms with Crippen LogP contribution in [0.25, 0.3) is 5.69 Å². The molecule has 0 aliphatic carbocycles. The number of para-hydroxylation sites is 1. The van der Waals surface area contributed by atoms with Crippen LogP contribution in [0.2, 0.25) is 0 Å². The Balaban J connectivity index is 1.80. The topological polar surface area (TPSA) is 69.0 Å². The zero-order valence-electron chi connectivity index (χ0n) is 16.3. The van der Waals surface area contributed by atoms with Gasteiger partial charge in [0.25, 0.3) is 5.91 Å². The van der Waals surface area contributed by atoms with Gasteiger partial charge in [-0.15, -0.1) is 0 Å². The normalized spacial score (nSPS) is 10.7. The van der Waals surface area contributed by atoms with E-state index in [1.165, 1.54) is 0 Å². The summed E-state index contributed by atoms with van der Waals surface area (Å²) < 4.78 is 7.22.